The number of hydrogen-bond donors (Lipinski definition) is 1. The van der Waals surface area contributed by atoms with Gasteiger partial charge in [-0.3, -0.25) is 4.79 Å². The van der Waals surface area contributed by atoms with Gasteiger partial charge in [-0.25, -0.2) is 0 Å². The lowest BCUT2D eigenvalue weighted by Crippen LogP contribution is -2.69. The van der Waals surface area contributed by atoms with Crippen molar-refractivity contribution in [3.05, 3.63) is 12.2 Å². The van der Waals surface area contributed by atoms with Crippen molar-refractivity contribution in [3.63, 3.8) is 0 Å². The third-order valence-corrected chi connectivity index (χ3v) is 7.49. The Morgan fingerprint density at radius 1 is 0.909 bits per heavy atom. The summed E-state index contributed by atoms with van der Waals surface area (Å²) in [5, 5.41) is 3.61. The number of nitrogens with one attached hydrogen (secondary N) is 1. The summed E-state index contributed by atoms with van der Waals surface area (Å²) in [6.45, 7) is 5.76. The van der Waals surface area contributed by atoms with E-state index in [1.54, 1.807) is 0 Å². The third kappa shape index (κ3) is 2.17. The first-order valence-electron chi connectivity index (χ1n) is 9.57. The van der Waals surface area contributed by atoms with Crippen LogP contribution >= 0.6 is 0 Å². The molecule has 5 saturated carbocycles. The van der Waals surface area contributed by atoms with Crippen molar-refractivity contribution < 1.29 is 4.79 Å². The molecule has 0 aliphatic heterocycles. The molecule has 0 aromatic rings. The monoisotopic (exact) mass is 301 g/mol. The summed E-state index contributed by atoms with van der Waals surface area (Å²) < 4.78 is 0. The molecule has 0 atom stereocenters. The fraction of sp³-hybridized carbons (Fsp3) is 0.850. The Morgan fingerprint density at radius 3 is 1.95 bits per heavy atom. The summed E-state index contributed by atoms with van der Waals surface area (Å²) in [7, 11) is 0. The van der Waals surface area contributed by atoms with Crippen LogP contribution in [-0.4, -0.2) is 11.4 Å². The van der Waals surface area contributed by atoms with Gasteiger partial charge in [0, 0.05) is 11.1 Å². The van der Waals surface area contributed by atoms with Gasteiger partial charge in [0.1, 0.15) is 0 Å². The Hall–Kier alpha value is -0.790. The smallest absolute Gasteiger partial charge is 0.246 e. The molecule has 0 aromatic carbocycles. The first-order valence-corrected chi connectivity index (χ1v) is 9.57. The van der Waals surface area contributed by atoms with E-state index in [1.165, 1.54) is 64.2 Å². The zero-order valence-electron chi connectivity index (χ0n) is 14.1. The van der Waals surface area contributed by atoms with E-state index in [9.17, 15) is 4.79 Å². The van der Waals surface area contributed by atoms with Gasteiger partial charge in [0.2, 0.25) is 5.91 Å². The lowest BCUT2D eigenvalue weighted by Gasteiger charge is -2.64. The van der Waals surface area contributed by atoms with Gasteiger partial charge in [-0.1, -0.05) is 25.8 Å². The molecule has 0 spiro atoms. The van der Waals surface area contributed by atoms with Gasteiger partial charge in [0.15, 0.2) is 0 Å². The van der Waals surface area contributed by atoms with E-state index in [4.69, 9.17) is 0 Å². The molecule has 1 amide bonds. The van der Waals surface area contributed by atoms with Crippen molar-refractivity contribution in [2.24, 2.45) is 29.6 Å². The number of rotatable bonds is 3. The standard InChI is InChI=1S/C20H31NO/c1-13(2)19(22)21-20(16-6-4-3-5-7-16)17-9-14-8-15(11-17)12-18(20)10-14/h14-18H,1,3-12H2,2H3,(H,21,22). The zero-order valence-corrected chi connectivity index (χ0v) is 14.1. The van der Waals surface area contributed by atoms with Gasteiger partial charge < -0.3 is 5.32 Å². The molecule has 2 nitrogen and oxygen atoms in total. The second-order valence-corrected chi connectivity index (χ2v) is 8.81. The van der Waals surface area contributed by atoms with Crippen molar-refractivity contribution in [1.82, 2.24) is 5.32 Å². The largest absolute Gasteiger partial charge is 0.346 e. The summed E-state index contributed by atoms with van der Waals surface area (Å²) in [6, 6.07) is 0. The highest BCUT2D eigenvalue weighted by Gasteiger charge is 2.60. The predicted molar refractivity (Wildman–Crippen MR) is 89.3 cm³/mol. The Labute approximate surface area is 135 Å². The Morgan fingerprint density at radius 2 is 1.45 bits per heavy atom. The Balaban J connectivity index is 1.68. The number of carbonyl (C=O) groups excluding carboxylic acids is 1. The van der Waals surface area contributed by atoms with Crippen LogP contribution in [0.25, 0.3) is 0 Å². The zero-order chi connectivity index (χ0) is 15.3. The predicted octanol–water partition coefficient (Wildman–Crippen LogP) is 4.45. The molecule has 4 bridgehead atoms. The van der Waals surface area contributed by atoms with E-state index in [0.29, 0.717) is 5.57 Å². The highest BCUT2D eigenvalue weighted by Crippen LogP contribution is 2.61. The van der Waals surface area contributed by atoms with E-state index in [1.807, 2.05) is 6.92 Å². The van der Waals surface area contributed by atoms with Crippen molar-refractivity contribution in [3.8, 4) is 0 Å². The molecule has 0 unspecified atom stereocenters. The van der Waals surface area contributed by atoms with Gasteiger partial charge in [-0.2, -0.15) is 0 Å². The first kappa shape index (κ1) is 14.8. The van der Waals surface area contributed by atoms with E-state index in [0.717, 1.165) is 29.6 Å². The van der Waals surface area contributed by atoms with Crippen LogP contribution in [-0.2, 0) is 4.79 Å². The fourth-order valence-electron chi connectivity index (χ4n) is 6.82. The van der Waals surface area contributed by atoms with Crippen molar-refractivity contribution in [2.75, 3.05) is 0 Å². The van der Waals surface area contributed by atoms with Crippen molar-refractivity contribution >= 4 is 5.91 Å². The molecule has 2 heteroatoms. The molecule has 0 aromatic heterocycles. The second kappa shape index (κ2) is 5.39. The SMILES string of the molecule is C=C(C)C(=O)NC1(C2CCCCC2)C2CC3CC(C2)CC1C3. The van der Waals surface area contributed by atoms with Crippen molar-refractivity contribution in [1.29, 1.82) is 0 Å². The van der Waals surface area contributed by atoms with Gasteiger partial charge >= 0.3 is 0 Å². The summed E-state index contributed by atoms with van der Waals surface area (Å²) >= 11 is 0. The molecule has 5 aliphatic rings. The maximum Gasteiger partial charge on any atom is 0.246 e. The maximum absolute atomic E-state index is 12.6. The molecule has 5 rings (SSSR count). The van der Waals surface area contributed by atoms with Crippen molar-refractivity contribution in [2.45, 2.75) is 76.7 Å². The van der Waals surface area contributed by atoms with Crippen LogP contribution in [0.15, 0.2) is 12.2 Å². The van der Waals surface area contributed by atoms with Crippen LogP contribution in [0.5, 0.6) is 0 Å². The van der Waals surface area contributed by atoms with E-state index in [2.05, 4.69) is 11.9 Å². The summed E-state index contributed by atoms with van der Waals surface area (Å²) in [5.74, 6) is 4.25. The summed E-state index contributed by atoms with van der Waals surface area (Å²) in [6.07, 6.45) is 13.8. The van der Waals surface area contributed by atoms with Gasteiger partial charge in [-0.15, -0.1) is 0 Å². The minimum atomic E-state index is 0.115. The van der Waals surface area contributed by atoms with E-state index < -0.39 is 0 Å². The van der Waals surface area contributed by atoms with Crippen LogP contribution < -0.4 is 5.32 Å². The van der Waals surface area contributed by atoms with Crippen LogP contribution in [0, 0.1) is 29.6 Å². The average molecular weight is 301 g/mol. The Kier molecular flexibility index (Phi) is 3.62. The second-order valence-electron chi connectivity index (χ2n) is 8.81. The first-order chi connectivity index (χ1) is 10.6. The minimum Gasteiger partial charge on any atom is -0.346 e. The van der Waals surface area contributed by atoms with Gasteiger partial charge in [-0.05, 0) is 81.5 Å². The van der Waals surface area contributed by atoms with E-state index in [-0.39, 0.29) is 11.4 Å². The average Bonchev–Trinajstić information content (AvgIpc) is 2.51. The maximum atomic E-state index is 12.6. The summed E-state index contributed by atoms with van der Waals surface area (Å²) in [4.78, 5) is 12.6. The van der Waals surface area contributed by atoms with Gasteiger partial charge in [0.05, 0.1) is 0 Å². The number of hydrogen-bond acceptors (Lipinski definition) is 1. The van der Waals surface area contributed by atoms with Crippen LogP contribution in [0.3, 0.4) is 0 Å². The Bertz CT molecular complexity index is 441. The van der Waals surface area contributed by atoms with Crippen LogP contribution in [0.1, 0.15) is 71.1 Å². The lowest BCUT2D eigenvalue weighted by atomic mass is 9.45. The topological polar surface area (TPSA) is 29.1 Å². The molecule has 22 heavy (non-hydrogen) atoms. The van der Waals surface area contributed by atoms with Crippen LogP contribution in [0.2, 0.25) is 0 Å². The van der Waals surface area contributed by atoms with Gasteiger partial charge in [0.25, 0.3) is 0 Å². The van der Waals surface area contributed by atoms with E-state index >= 15 is 0 Å². The molecule has 0 saturated heterocycles. The molecular weight excluding hydrogens is 270 g/mol. The molecule has 5 fully saturated rings. The molecule has 5 aliphatic carbocycles. The molecule has 0 radical (unpaired) electrons. The number of carbonyl (C=O) groups is 1. The lowest BCUT2D eigenvalue weighted by molar-refractivity contribution is -0.137. The molecular formula is C20H31NO. The number of amides is 1. The summed E-state index contributed by atoms with van der Waals surface area (Å²) in [5.41, 5.74) is 0.799. The minimum absolute atomic E-state index is 0.115. The normalized spacial score (nSPS) is 44.0. The van der Waals surface area contributed by atoms with Crippen LogP contribution in [0.4, 0.5) is 0 Å². The highest BCUT2D eigenvalue weighted by atomic mass is 16.1. The third-order valence-electron chi connectivity index (χ3n) is 7.49. The fourth-order valence-corrected chi connectivity index (χ4v) is 6.82. The molecule has 122 valence electrons. The molecule has 0 heterocycles. The highest BCUT2D eigenvalue weighted by molar-refractivity contribution is 5.92. The quantitative estimate of drug-likeness (QED) is 0.766. The molecule has 1 N–H and O–H groups in total.